The summed E-state index contributed by atoms with van der Waals surface area (Å²) in [7, 11) is 0. The Morgan fingerprint density at radius 2 is 2.00 bits per heavy atom. The highest BCUT2D eigenvalue weighted by molar-refractivity contribution is 5.74. The number of benzene rings is 1. The molecule has 1 saturated heterocycles. The number of fused-ring (bicyclic) bond motifs is 1. The van der Waals surface area contributed by atoms with Crippen LogP contribution in [0.3, 0.4) is 0 Å². The summed E-state index contributed by atoms with van der Waals surface area (Å²) >= 11 is 0. The lowest BCUT2D eigenvalue weighted by atomic mass is 10.2. The van der Waals surface area contributed by atoms with Gasteiger partial charge in [0.2, 0.25) is 0 Å². The zero-order valence-corrected chi connectivity index (χ0v) is 9.34. The van der Waals surface area contributed by atoms with Crippen molar-refractivity contribution >= 4 is 5.97 Å². The lowest BCUT2D eigenvalue weighted by molar-refractivity contribution is -0.139. The zero-order valence-electron chi connectivity index (χ0n) is 9.34. The van der Waals surface area contributed by atoms with Crippen LogP contribution in [0.4, 0.5) is 4.39 Å². The van der Waals surface area contributed by atoms with Crippen LogP contribution >= 0.6 is 0 Å². The van der Waals surface area contributed by atoms with Gasteiger partial charge in [0.1, 0.15) is 5.82 Å². The largest absolute Gasteiger partial charge is 0.481 e. The topological polar surface area (TPSA) is 40.5 Å². The van der Waals surface area contributed by atoms with Crippen molar-refractivity contribution in [3.63, 3.8) is 0 Å². The van der Waals surface area contributed by atoms with Crippen molar-refractivity contribution in [2.45, 2.75) is 6.54 Å². The molecule has 4 heteroatoms. The summed E-state index contributed by atoms with van der Waals surface area (Å²) in [5, 5.41) is 8.90. The van der Waals surface area contributed by atoms with Crippen molar-refractivity contribution in [1.82, 2.24) is 4.90 Å². The second-order valence-electron chi connectivity index (χ2n) is 4.98. The van der Waals surface area contributed by atoms with E-state index in [-0.39, 0.29) is 11.7 Å². The van der Waals surface area contributed by atoms with Crippen LogP contribution in [-0.4, -0.2) is 29.1 Å². The normalized spacial score (nSPS) is 31.2. The van der Waals surface area contributed by atoms with Gasteiger partial charge in [0.15, 0.2) is 0 Å². The van der Waals surface area contributed by atoms with Crippen molar-refractivity contribution in [3.8, 4) is 0 Å². The van der Waals surface area contributed by atoms with Crippen LogP contribution in [0.15, 0.2) is 24.3 Å². The van der Waals surface area contributed by atoms with Crippen molar-refractivity contribution in [1.29, 1.82) is 0 Å². The molecule has 0 aromatic heterocycles. The van der Waals surface area contributed by atoms with Gasteiger partial charge in [-0.3, -0.25) is 9.69 Å². The minimum Gasteiger partial charge on any atom is -0.481 e. The Morgan fingerprint density at radius 1 is 1.35 bits per heavy atom. The molecule has 2 atom stereocenters. The van der Waals surface area contributed by atoms with Crippen molar-refractivity contribution < 1.29 is 14.3 Å². The van der Waals surface area contributed by atoms with Crippen LogP contribution < -0.4 is 0 Å². The molecule has 2 aliphatic rings. The molecule has 0 amide bonds. The molecule has 0 spiro atoms. The van der Waals surface area contributed by atoms with Gasteiger partial charge in [-0.05, 0) is 17.9 Å². The van der Waals surface area contributed by atoms with Gasteiger partial charge in [-0.15, -0.1) is 0 Å². The minimum atomic E-state index is -0.675. The molecule has 17 heavy (non-hydrogen) atoms. The van der Waals surface area contributed by atoms with Crippen LogP contribution in [0.5, 0.6) is 0 Å². The molecule has 2 unspecified atom stereocenters. The number of piperidine rings is 1. The standard InChI is InChI=1S/C13H14FNO2/c14-11-4-2-1-3-8(11)5-15-6-9-10(7-15)12(9)13(16)17/h1-4,9-10,12H,5-7H2,(H,16,17). The Morgan fingerprint density at radius 3 is 2.59 bits per heavy atom. The van der Waals surface area contributed by atoms with Crippen LogP contribution in [0, 0.1) is 23.6 Å². The lowest BCUT2D eigenvalue weighted by Crippen LogP contribution is -2.26. The van der Waals surface area contributed by atoms with Gasteiger partial charge in [-0.25, -0.2) is 4.39 Å². The molecule has 3 nitrogen and oxygen atoms in total. The van der Waals surface area contributed by atoms with Crippen molar-refractivity contribution in [2.24, 2.45) is 17.8 Å². The predicted molar refractivity (Wildman–Crippen MR) is 59.8 cm³/mol. The highest BCUT2D eigenvalue weighted by Crippen LogP contribution is 2.51. The van der Waals surface area contributed by atoms with Gasteiger partial charge in [0.05, 0.1) is 5.92 Å². The molecule has 1 N–H and O–H groups in total. The fraction of sp³-hybridized carbons (Fsp3) is 0.462. The molecule has 1 aromatic rings. The van der Waals surface area contributed by atoms with Crippen molar-refractivity contribution in [2.75, 3.05) is 13.1 Å². The van der Waals surface area contributed by atoms with E-state index >= 15 is 0 Å². The highest BCUT2D eigenvalue weighted by Gasteiger charge is 2.59. The molecule has 90 valence electrons. The van der Waals surface area contributed by atoms with Gasteiger partial charge >= 0.3 is 5.97 Å². The van der Waals surface area contributed by atoms with E-state index in [0.717, 1.165) is 13.1 Å². The first-order valence-corrected chi connectivity index (χ1v) is 5.85. The Balaban J connectivity index is 1.61. The number of aliphatic carboxylic acids is 1. The van der Waals surface area contributed by atoms with Crippen molar-refractivity contribution in [3.05, 3.63) is 35.6 Å². The maximum atomic E-state index is 13.4. The molecular weight excluding hydrogens is 221 g/mol. The monoisotopic (exact) mass is 235 g/mol. The van der Waals surface area contributed by atoms with Crippen LogP contribution in [0.25, 0.3) is 0 Å². The summed E-state index contributed by atoms with van der Waals surface area (Å²) in [4.78, 5) is 13.0. The number of hydrogen-bond donors (Lipinski definition) is 1. The van der Waals surface area contributed by atoms with Crippen LogP contribution in [0.2, 0.25) is 0 Å². The van der Waals surface area contributed by atoms with Gasteiger partial charge in [-0.1, -0.05) is 18.2 Å². The molecule has 2 fully saturated rings. The number of carbonyl (C=O) groups is 1. The molecule has 1 aliphatic heterocycles. The average molecular weight is 235 g/mol. The first kappa shape index (κ1) is 10.7. The Hall–Kier alpha value is -1.42. The SMILES string of the molecule is O=C(O)C1C2CN(Cc3ccccc3F)CC21. The lowest BCUT2D eigenvalue weighted by Gasteiger charge is -2.18. The summed E-state index contributed by atoms with van der Waals surface area (Å²) in [6.45, 7) is 2.16. The smallest absolute Gasteiger partial charge is 0.307 e. The molecule has 1 saturated carbocycles. The molecule has 3 rings (SSSR count). The third-order valence-electron chi connectivity index (χ3n) is 3.91. The highest BCUT2D eigenvalue weighted by atomic mass is 19.1. The molecule has 0 bridgehead atoms. The summed E-state index contributed by atoms with van der Waals surface area (Å²) < 4.78 is 13.4. The van der Waals surface area contributed by atoms with Crippen LogP contribution in [0.1, 0.15) is 5.56 Å². The second kappa shape index (κ2) is 3.81. The number of nitrogens with zero attached hydrogens (tertiary/aromatic N) is 1. The predicted octanol–water partition coefficient (Wildman–Crippen LogP) is 1.59. The van der Waals surface area contributed by atoms with E-state index in [1.807, 2.05) is 6.07 Å². The van der Waals surface area contributed by atoms with E-state index in [2.05, 4.69) is 4.90 Å². The summed E-state index contributed by atoms with van der Waals surface area (Å²) in [5.41, 5.74) is 0.695. The Kier molecular flexibility index (Phi) is 2.40. The quantitative estimate of drug-likeness (QED) is 0.864. The molecular formula is C13H14FNO2. The minimum absolute atomic E-state index is 0.146. The molecule has 1 aliphatic carbocycles. The number of halogens is 1. The van der Waals surface area contributed by atoms with E-state index in [1.54, 1.807) is 12.1 Å². The van der Waals surface area contributed by atoms with Gasteiger partial charge in [-0.2, -0.15) is 0 Å². The second-order valence-corrected chi connectivity index (χ2v) is 4.98. The third kappa shape index (κ3) is 1.82. The fourth-order valence-corrected chi connectivity index (χ4v) is 2.98. The van der Waals surface area contributed by atoms with Gasteiger partial charge in [0.25, 0.3) is 0 Å². The number of hydrogen-bond acceptors (Lipinski definition) is 2. The van der Waals surface area contributed by atoms with E-state index < -0.39 is 5.97 Å². The van der Waals surface area contributed by atoms with E-state index in [1.165, 1.54) is 6.07 Å². The summed E-state index contributed by atoms with van der Waals surface area (Å²) in [6.07, 6.45) is 0. The molecule has 1 aromatic carbocycles. The Labute approximate surface area is 98.9 Å². The van der Waals surface area contributed by atoms with Gasteiger partial charge in [0, 0.05) is 25.2 Å². The third-order valence-corrected chi connectivity index (χ3v) is 3.91. The number of carboxylic acids is 1. The number of carboxylic acid groups (broad SMARTS) is 1. The number of likely N-dealkylation sites (tertiary alicyclic amines) is 1. The zero-order chi connectivity index (χ0) is 12.0. The fourth-order valence-electron chi connectivity index (χ4n) is 2.98. The average Bonchev–Trinajstić information content (AvgIpc) is 2.81. The first-order valence-electron chi connectivity index (χ1n) is 5.85. The van der Waals surface area contributed by atoms with E-state index in [0.29, 0.717) is 23.9 Å². The van der Waals surface area contributed by atoms with Crippen LogP contribution in [-0.2, 0) is 11.3 Å². The van der Waals surface area contributed by atoms with E-state index in [9.17, 15) is 9.18 Å². The molecule has 0 radical (unpaired) electrons. The summed E-state index contributed by atoms with van der Waals surface area (Å²) in [5.74, 6) is -0.418. The molecule has 1 heterocycles. The first-order chi connectivity index (χ1) is 8.16. The number of rotatable bonds is 3. The van der Waals surface area contributed by atoms with Gasteiger partial charge < -0.3 is 5.11 Å². The summed E-state index contributed by atoms with van der Waals surface area (Å²) in [6, 6.07) is 6.76. The maximum Gasteiger partial charge on any atom is 0.307 e. The maximum absolute atomic E-state index is 13.4. The Bertz CT molecular complexity index is 450. The van der Waals surface area contributed by atoms with E-state index in [4.69, 9.17) is 5.11 Å².